The second kappa shape index (κ2) is 19.7. The van der Waals surface area contributed by atoms with Gasteiger partial charge in [-0.25, -0.2) is 0 Å². The standard InChI is InChI=1S/C74H92N4O4/c1-20-52(67(4,5)6)35-46-32-48-37-54(69(10,11)12)38-49-34-51-40-55(70(13,14)15)39-50-33-47-36-53(68(7,8)9)31-44(2)64(47)81-42-73(18)61-26-25-59(77-61)72(17,41-80-45(46)3)58-23-21-56(75-58)71(16,29-30-79-65(48)49)57-22-24-60(76-57)74(19,43-82-66(50)51)63-28-27-62(73)78-63/h20-28,31,35-40,75-78H,1,29-30,32-34,41-43H2,2-19H3/b46-45+,52-35+/t71-,72?,73+,74?/m1/s1. The fourth-order valence-electron chi connectivity index (χ4n) is 13.2. The molecular weight excluding hydrogens is 1010 g/mol. The van der Waals surface area contributed by atoms with Gasteiger partial charge < -0.3 is 38.9 Å². The van der Waals surface area contributed by atoms with Crippen LogP contribution in [-0.4, -0.2) is 46.4 Å². The van der Waals surface area contributed by atoms with Crippen molar-refractivity contribution in [2.45, 2.75) is 188 Å². The fourth-order valence-corrected chi connectivity index (χ4v) is 13.2. The van der Waals surface area contributed by atoms with E-state index in [2.05, 4.69) is 242 Å². The Balaban J connectivity index is 1.32. The van der Waals surface area contributed by atoms with Crippen LogP contribution in [0.2, 0.25) is 0 Å². The molecular formula is C74H92N4O4. The lowest BCUT2D eigenvalue weighted by atomic mass is 9.80. The summed E-state index contributed by atoms with van der Waals surface area (Å²) in [5.41, 5.74) is 18.0. The molecule has 8 heteroatoms. The predicted molar refractivity (Wildman–Crippen MR) is 336 cm³/mol. The molecule has 3 aromatic carbocycles. The Kier molecular flexibility index (Phi) is 13.7. The quantitative estimate of drug-likeness (QED) is 0.130. The van der Waals surface area contributed by atoms with Crippen molar-refractivity contribution in [1.82, 2.24) is 19.9 Å². The molecule has 4 aliphatic heterocycles. The first-order valence-corrected chi connectivity index (χ1v) is 30.1. The van der Waals surface area contributed by atoms with Gasteiger partial charge in [0.2, 0.25) is 0 Å². The molecule has 82 heavy (non-hydrogen) atoms. The van der Waals surface area contributed by atoms with Crippen LogP contribution in [0.3, 0.4) is 0 Å². The van der Waals surface area contributed by atoms with Crippen molar-refractivity contribution in [2.75, 3.05) is 26.4 Å². The van der Waals surface area contributed by atoms with Gasteiger partial charge in [-0.05, 0) is 179 Å². The van der Waals surface area contributed by atoms with Crippen molar-refractivity contribution in [3.05, 3.63) is 216 Å². The zero-order valence-corrected chi connectivity index (χ0v) is 52.7. The minimum absolute atomic E-state index is 0.111. The summed E-state index contributed by atoms with van der Waals surface area (Å²) in [6.07, 6.45) is 6.79. The van der Waals surface area contributed by atoms with E-state index in [-0.39, 0.29) is 21.7 Å². The van der Waals surface area contributed by atoms with Crippen LogP contribution in [0.15, 0.2) is 121 Å². The zero-order chi connectivity index (χ0) is 58.9. The van der Waals surface area contributed by atoms with E-state index in [1.807, 2.05) is 6.08 Å². The minimum Gasteiger partial charge on any atom is -0.497 e. The number of hydrogen-bond donors (Lipinski definition) is 4. The molecule has 4 atom stereocenters. The molecule has 0 saturated heterocycles. The third-order valence-electron chi connectivity index (χ3n) is 19.4. The van der Waals surface area contributed by atoms with Gasteiger partial charge in [-0.15, -0.1) is 0 Å². The van der Waals surface area contributed by atoms with Crippen molar-refractivity contribution in [3.63, 3.8) is 0 Å². The fraction of sp³-hybridized carbons (Fsp3) is 0.459. The number of allylic oxidation sites excluding steroid dienone is 5. The van der Waals surface area contributed by atoms with E-state index in [4.69, 9.17) is 18.9 Å². The molecule has 0 radical (unpaired) electrons. The smallest absolute Gasteiger partial charge is 0.126 e. The number of nitrogens with one attached hydrogen (secondary N) is 4. The largest absolute Gasteiger partial charge is 0.497 e. The summed E-state index contributed by atoms with van der Waals surface area (Å²) in [7, 11) is 0. The highest BCUT2D eigenvalue weighted by molar-refractivity contribution is 5.58. The van der Waals surface area contributed by atoms with E-state index in [1.54, 1.807) is 0 Å². The van der Waals surface area contributed by atoms with Crippen LogP contribution in [-0.2, 0) is 61.9 Å². The lowest BCUT2D eigenvalue weighted by molar-refractivity contribution is 0.163. The highest BCUT2D eigenvalue weighted by Gasteiger charge is 2.44. The second-order valence-corrected chi connectivity index (χ2v) is 29.9. The van der Waals surface area contributed by atoms with Crippen LogP contribution in [0.25, 0.3) is 0 Å². The van der Waals surface area contributed by atoms with Gasteiger partial charge in [0.05, 0.1) is 34.0 Å². The molecule has 4 N–H and O–H groups in total. The van der Waals surface area contributed by atoms with Crippen LogP contribution in [0, 0.1) is 12.3 Å². The molecule has 2 unspecified atom stereocenters. The van der Waals surface area contributed by atoms with E-state index >= 15 is 0 Å². The summed E-state index contributed by atoms with van der Waals surface area (Å²) in [6, 6.07) is 32.8. The molecule has 0 fully saturated rings. The SMILES string of the molecule is C=C/C(=C\C1=C(/C)OCC2(C)c3ccc([nH]3)[C@@]3(C)CCOc4c(cc(C(C)(C)C)cc4Cc4cc(C(C)(C)C)cc5c4OCC(C)(c4ccc3[nH]4)c3ccc([nH]3)[C@@](C)(COc3c(C)cc(C(C)(C)C)cc3C5)c3ccc2[nH]3)C1)C(C)(C)C. The van der Waals surface area contributed by atoms with Gasteiger partial charge in [-0.3, -0.25) is 0 Å². The summed E-state index contributed by atoms with van der Waals surface area (Å²) in [5.74, 6) is 3.57. The highest BCUT2D eigenvalue weighted by Crippen LogP contribution is 2.48. The number of H-pyrrole nitrogens is 4. The van der Waals surface area contributed by atoms with E-state index in [0.29, 0.717) is 52.1 Å². The maximum atomic E-state index is 7.85. The molecule has 0 amide bonds. The van der Waals surface area contributed by atoms with Gasteiger partial charge >= 0.3 is 0 Å². The third kappa shape index (κ3) is 9.91. The van der Waals surface area contributed by atoms with Crippen molar-refractivity contribution in [2.24, 2.45) is 5.41 Å². The Bertz CT molecular complexity index is 3700. The Labute approximate surface area is 490 Å². The van der Waals surface area contributed by atoms with Gasteiger partial charge in [0.25, 0.3) is 0 Å². The molecule has 4 aliphatic rings. The Hall–Kier alpha value is -6.80. The third-order valence-corrected chi connectivity index (χ3v) is 19.4. The Morgan fingerprint density at radius 3 is 1.15 bits per heavy atom. The molecule has 14 bridgehead atoms. The first kappa shape index (κ1) is 57.0. The van der Waals surface area contributed by atoms with Crippen molar-refractivity contribution < 1.29 is 18.9 Å². The predicted octanol–water partition coefficient (Wildman–Crippen LogP) is 17.2. The molecule has 11 rings (SSSR count). The van der Waals surface area contributed by atoms with Gasteiger partial charge in [0.1, 0.15) is 37.1 Å². The molecule has 7 aromatic rings. The summed E-state index contributed by atoms with van der Waals surface area (Å²) < 4.78 is 30.4. The summed E-state index contributed by atoms with van der Waals surface area (Å²) >= 11 is 0. The normalized spacial score (nSPS) is 24.1. The summed E-state index contributed by atoms with van der Waals surface area (Å²) in [6.45, 7) is 47.3. The van der Waals surface area contributed by atoms with Crippen molar-refractivity contribution >= 4 is 0 Å². The number of rotatable bonds is 2. The average Bonchev–Trinajstić information content (AvgIpc) is 2.31. The first-order valence-electron chi connectivity index (χ1n) is 30.1. The molecule has 8 nitrogen and oxygen atoms in total. The number of aryl methyl sites for hydroxylation is 1. The monoisotopic (exact) mass is 1100 g/mol. The van der Waals surface area contributed by atoms with E-state index in [1.165, 1.54) is 16.7 Å². The number of aromatic nitrogens is 4. The molecule has 432 valence electrons. The number of hydrogen-bond acceptors (Lipinski definition) is 4. The lowest BCUT2D eigenvalue weighted by Gasteiger charge is -2.34. The lowest BCUT2D eigenvalue weighted by Crippen LogP contribution is -2.36. The van der Waals surface area contributed by atoms with Gasteiger partial charge in [-0.1, -0.05) is 138 Å². The van der Waals surface area contributed by atoms with Crippen LogP contribution in [0.1, 0.15) is 220 Å². The Morgan fingerprint density at radius 1 is 0.439 bits per heavy atom. The second-order valence-electron chi connectivity index (χ2n) is 29.9. The van der Waals surface area contributed by atoms with Gasteiger partial charge in [0.15, 0.2) is 0 Å². The zero-order valence-electron chi connectivity index (χ0n) is 52.7. The first-order chi connectivity index (χ1) is 38.3. The molecule has 8 heterocycles. The minimum atomic E-state index is -0.692. The maximum Gasteiger partial charge on any atom is 0.126 e. The van der Waals surface area contributed by atoms with E-state index in [0.717, 1.165) is 113 Å². The van der Waals surface area contributed by atoms with Crippen LogP contribution in [0.4, 0.5) is 0 Å². The molecule has 0 spiro atoms. The number of fused-ring (bicyclic) bond motifs is 8. The number of aromatic amines is 4. The van der Waals surface area contributed by atoms with Gasteiger partial charge in [-0.2, -0.15) is 0 Å². The summed E-state index contributed by atoms with van der Waals surface area (Å²) in [4.78, 5) is 16.5. The van der Waals surface area contributed by atoms with Crippen molar-refractivity contribution in [3.8, 4) is 17.2 Å². The van der Waals surface area contributed by atoms with Crippen molar-refractivity contribution in [1.29, 1.82) is 0 Å². The molecule has 4 aromatic heterocycles. The van der Waals surface area contributed by atoms with E-state index in [9.17, 15) is 0 Å². The van der Waals surface area contributed by atoms with E-state index < -0.39 is 21.7 Å². The average molecular weight is 1100 g/mol. The topological polar surface area (TPSA) is 100 Å². The highest BCUT2D eigenvalue weighted by atomic mass is 16.5. The number of benzene rings is 3. The van der Waals surface area contributed by atoms with Crippen LogP contribution in [0.5, 0.6) is 17.2 Å². The summed E-state index contributed by atoms with van der Waals surface area (Å²) in [5, 5.41) is 0. The van der Waals surface area contributed by atoms with Crippen LogP contribution < -0.4 is 14.2 Å². The maximum absolute atomic E-state index is 7.85. The number of ether oxygens (including phenoxy) is 4. The Morgan fingerprint density at radius 2 is 0.768 bits per heavy atom. The molecule has 0 aliphatic carbocycles. The molecule has 0 saturated carbocycles. The van der Waals surface area contributed by atoms with Crippen LogP contribution >= 0.6 is 0 Å². The van der Waals surface area contributed by atoms with Gasteiger partial charge in [0, 0.05) is 64.8 Å².